The molecule has 0 heterocycles. The van der Waals surface area contributed by atoms with Crippen molar-refractivity contribution in [2.45, 2.75) is 13.3 Å². The summed E-state index contributed by atoms with van der Waals surface area (Å²) < 4.78 is 0. The third-order valence-electron chi connectivity index (χ3n) is 3.85. The first-order valence-corrected chi connectivity index (χ1v) is 8.10. The summed E-state index contributed by atoms with van der Waals surface area (Å²) in [7, 11) is 0. The van der Waals surface area contributed by atoms with Crippen molar-refractivity contribution in [2.24, 2.45) is 5.73 Å². The van der Waals surface area contributed by atoms with Gasteiger partial charge in [0.1, 0.15) is 6.61 Å². The first-order chi connectivity index (χ1) is 12.1. The normalized spacial score (nSPS) is 11.2. The predicted molar refractivity (Wildman–Crippen MR) is 98.0 cm³/mol. The fraction of sp³-hybridized carbons (Fsp3) is 0.200. The summed E-state index contributed by atoms with van der Waals surface area (Å²) >= 11 is 0. The number of amides is 1. The number of aliphatic hydroxyl groups is 1. The van der Waals surface area contributed by atoms with Gasteiger partial charge < -0.3 is 16.2 Å². The van der Waals surface area contributed by atoms with E-state index in [1.165, 1.54) is 11.6 Å². The molecule has 0 aliphatic heterocycles. The number of carbonyl (C=O) groups excluding carboxylic acids is 2. The standard InChI is InChI=1S/C20H22N2O3/c1-2-18(19(24)13-23)22-20(25)17-9-7-16(8-10-17)15-5-3-14(4-6-15)11-12-21/h2-10,23H,11-13,21H2,1H3,(H,22,25)/b18-2+. The van der Waals surface area contributed by atoms with Gasteiger partial charge in [-0.1, -0.05) is 42.5 Å². The smallest absolute Gasteiger partial charge is 0.255 e. The van der Waals surface area contributed by atoms with Crippen LogP contribution in [0.25, 0.3) is 11.1 Å². The highest BCUT2D eigenvalue weighted by molar-refractivity contribution is 6.04. The number of allylic oxidation sites excluding steroid dienone is 1. The van der Waals surface area contributed by atoms with Crippen molar-refractivity contribution in [3.8, 4) is 11.1 Å². The largest absolute Gasteiger partial charge is 0.388 e. The second-order valence-corrected chi connectivity index (χ2v) is 5.55. The Kier molecular flexibility index (Phi) is 6.62. The van der Waals surface area contributed by atoms with Crippen LogP contribution < -0.4 is 11.1 Å². The topological polar surface area (TPSA) is 92.4 Å². The third kappa shape index (κ3) is 4.86. The van der Waals surface area contributed by atoms with Gasteiger partial charge in [-0.3, -0.25) is 9.59 Å². The number of aliphatic hydroxyl groups excluding tert-OH is 1. The molecule has 0 bridgehead atoms. The Morgan fingerprint density at radius 2 is 1.60 bits per heavy atom. The minimum Gasteiger partial charge on any atom is -0.388 e. The summed E-state index contributed by atoms with van der Waals surface area (Å²) in [5.41, 5.74) is 9.31. The van der Waals surface area contributed by atoms with Gasteiger partial charge >= 0.3 is 0 Å². The van der Waals surface area contributed by atoms with E-state index in [0.29, 0.717) is 12.1 Å². The number of nitrogens with one attached hydrogen (secondary N) is 1. The van der Waals surface area contributed by atoms with E-state index in [1.807, 2.05) is 36.4 Å². The van der Waals surface area contributed by atoms with Crippen LogP contribution >= 0.6 is 0 Å². The highest BCUT2D eigenvalue weighted by Gasteiger charge is 2.12. The fourth-order valence-electron chi connectivity index (χ4n) is 2.43. The molecule has 0 atom stereocenters. The molecule has 130 valence electrons. The molecule has 0 spiro atoms. The minimum atomic E-state index is -0.640. The predicted octanol–water partition coefficient (Wildman–Crippen LogP) is 2.05. The van der Waals surface area contributed by atoms with Crippen molar-refractivity contribution in [1.29, 1.82) is 0 Å². The molecule has 5 heteroatoms. The summed E-state index contributed by atoms with van der Waals surface area (Å²) in [6.45, 7) is 1.61. The molecule has 25 heavy (non-hydrogen) atoms. The van der Waals surface area contributed by atoms with E-state index < -0.39 is 12.4 Å². The van der Waals surface area contributed by atoms with Crippen LogP contribution in [-0.2, 0) is 11.2 Å². The Balaban J connectivity index is 2.11. The summed E-state index contributed by atoms with van der Waals surface area (Å²) in [5, 5.41) is 11.4. The number of hydrogen-bond donors (Lipinski definition) is 3. The molecular weight excluding hydrogens is 316 g/mol. The van der Waals surface area contributed by atoms with Gasteiger partial charge in [0.2, 0.25) is 5.78 Å². The number of ketones is 1. The average Bonchev–Trinajstić information content (AvgIpc) is 2.66. The molecule has 2 aromatic carbocycles. The van der Waals surface area contributed by atoms with Crippen LogP contribution in [0.3, 0.4) is 0 Å². The molecule has 0 aromatic heterocycles. The zero-order valence-electron chi connectivity index (χ0n) is 14.2. The summed E-state index contributed by atoms with van der Waals surface area (Å²) in [4.78, 5) is 23.7. The Morgan fingerprint density at radius 3 is 2.08 bits per heavy atom. The van der Waals surface area contributed by atoms with E-state index in [2.05, 4.69) is 5.32 Å². The number of benzene rings is 2. The maximum absolute atomic E-state index is 12.2. The van der Waals surface area contributed by atoms with Crippen LogP contribution in [0.5, 0.6) is 0 Å². The highest BCUT2D eigenvalue weighted by atomic mass is 16.3. The zero-order chi connectivity index (χ0) is 18.2. The molecule has 0 fully saturated rings. The lowest BCUT2D eigenvalue weighted by atomic mass is 10.0. The SMILES string of the molecule is C/C=C(/NC(=O)c1ccc(-c2ccc(CCN)cc2)cc1)C(=O)CO. The molecule has 2 aromatic rings. The van der Waals surface area contributed by atoms with Gasteiger partial charge in [0.15, 0.2) is 0 Å². The van der Waals surface area contributed by atoms with Crippen molar-refractivity contribution >= 4 is 11.7 Å². The number of rotatable bonds is 7. The molecule has 0 radical (unpaired) electrons. The van der Waals surface area contributed by atoms with Gasteiger partial charge in [-0.25, -0.2) is 0 Å². The second-order valence-electron chi connectivity index (χ2n) is 5.55. The molecule has 4 N–H and O–H groups in total. The quantitative estimate of drug-likeness (QED) is 0.674. The second kappa shape index (κ2) is 8.92. The van der Waals surface area contributed by atoms with E-state index in [4.69, 9.17) is 10.8 Å². The molecule has 0 saturated heterocycles. The van der Waals surface area contributed by atoms with Crippen LogP contribution in [-0.4, -0.2) is 29.9 Å². The van der Waals surface area contributed by atoms with E-state index in [9.17, 15) is 9.59 Å². The first kappa shape index (κ1) is 18.6. The Morgan fingerprint density at radius 1 is 1.04 bits per heavy atom. The van der Waals surface area contributed by atoms with Gasteiger partial charge in [-0.05, 0) is 48.7 Å². The van der Waals surface area contributed by atoms with Crippen molar-refractivity contribution in [1.82, 2.24) is 5.32 Å². The van der Waals surface area contributed by atoms with E-state index in [-0.39, 0.29) is 11.6 Å². The van der Waals surface area contributed by atoms with Crippen LogP contribution in [0.15, 0.2) is 60.3 Å². The Labute approximate surface area is 147 Å². The number of carbonyl (C=O) groups is 2. The Hall–Kier alpha value is -2.76. The van der Waals surface area contributed by atoms with E-state index >= 15 is 0 Å². The number of nitrogens with two attached hydrogens (primary N) is 1. The molecule has 2 rings (SSSR count). The van der Waals surface area contributed by atoms with Crippen molar-refractivity contribution in [3.63, 3.8) is 0 Å². The first-order valence-electron chi connectivity index (χ1n) is 8.10. The van der Waals surface area contributed by atoms with E-state index in [1.54, 1.807) is 19.1 Å². The lowest BCUT2D eigenvalue weighted by molar-refractivity contribution is -0.118. The van der Waals surface area contributed by atoms with E-state index in [0.717, 1.165) is 17.5 Å². The molecule has 0 saturated carbocycles. The maximum atomic E-state index is 12.2. The fourth-order valence-corrected chi connectivity index (χ4v) is 2.43. The van der Waals surface area contributed by atoms with Crippen LogP contribution in [0, 0.1) is 0 Å². The van der Waals surface area contributed by atoms with Crippen molar-refractivity contribution in [3.05, 3.63) is 71.4 Å². The average molecular weight is 338 g/mol. The van der Waals surface area contributed by atoms with Crippen LogP contribution in [0.2, 0.25) is 0 Å². The molecule has 0 unspecified atom stereocenters. The van der Waals surface area contributed by atoms with Gasteiger partial charge in [-0.2, -0.15) is 0 Å². The lowest BCUT2D eigenvalue weighted by Gasteiger charge is -2.08. The van der Waals surface area contributed by atoms with Crippen molar-refractivity contribution in [2.75, 3.05) is 13.2 Å². The van der Waals surface area contributed by atoms with Crippen molar-refractivity contribution < 1.29 is 14.7 Å². The number of Topliss-reactive ketones (excluding diaryl/α,β-unsaturated/α-hetero) is 1. The Bertz CT molecular complexity index is 763. The van der Waals surface area contributed by atoms with Gasteiger partial charge in [0, 0.05) is 5.56 Å². The summed E-state index contributed by atoms with van der Waals surface area (Å²) in [5.74, 6) is -0.912. The van der Waals surface area contributed by atoms with Gasteiger partial charge in [0.05, 0.1) is 5.70 Å². The van der Waals surface area contributed by atoms with Crippen LogP contribution in [0.4, 0.5) is 0 Å². The summed E-state index contributed by atoms with van der Waals surface area (Å²) in [6.07, 6.45) is 2.31. The number of hydrogen-bond acceptors (Lipinski definition) is 4. The molecule has 5 nitrogen and oxygen atoms in total. The highest BCUT2D eigenvalue weighted by Crippen LogP contribution is 2.20. The zero-order valence-corrected chi connectivity index (χ0v) is 14.2. The summed E-state index contributed by atoms with van der Waals surface area (Å²) in [6, 6.07) is 15.3. The lowest BCUT2D eigenvalue weighted by Crippen LogP contribution is -2.28. The molecule has 0 aliphatic carbocycles. The minimum absolute atomic E-state index is 0.0899. The molecule has 0 aliphatic rings. The van der Waals surface area contributed by atoms with Gasteiger partial charge in [0.25, 0.3) is 5.91 Å². The monoisotopic (exact) mass is 338 g/mol. The molecule has 1 amide bonds. The third-order valence-corrected chi connectivity index (χ3v) is 3.85. The van der Waals surface area contributed by atoms with Gasteiger partial charge in [-0.15, -0.1) is 0 Å². The maximum Gasteiger partial charge on any atom is 0.255 e. The van der Waals surface area contributed by atoms with Crippen LogP contribution in [0.1, 0.15) is 22.8 Å². The molecular formula is C20H22N2O3.